The van der Waals surface area contributed by atoms with Crippen LogP contribution in [0.4, 0.5) is 5.69 Å². The van der Waals surface area contributed by atoms with Crippen LogP contribution < -0.4 is 15.5 Å². The Morgan fingerprint density at radius 2 is 1.66 bits per heavy atom. The normalized spacial score (nSPS) is 11.3. The van der Waals surface area contributed by atoms with Crippen LogP contribution in [0, 0.1) is 0 Å². The van der Waals surface area contributed by atoms with E-state index in [1.165, 1.54) is 18.2 Å². The topological polar surface area (TPSA) is 168 Å². The highest BCUT2D eigenvalue weighted by Crippen LogP contribution is 2.42. The second-order valence-corrected chi connectivity index (χ2v) is 10.6. The number of rotatable bonds is 11. The van der Waals surface area contributed by atoms with E-state index in [2.05, 4.69) is 5.32 Å². The molecule has 2 aromatic rings. The van der Waals surface area contributed by atoms with Crippen molar-refractivity contribution in [2.45, 2.75) is 33.3 Å². The Labute approximate surface area is 251 Å². The second kappa shape index (κ2) is 13.4. The third-order valence-corrected chi connectivity index (χ3v) is 5.97. The third-order valence-electron chi connectivity index (χ3n) is 5.97. The number of anilines is 1. The maximum atomic E-state index is 13.2. The largest absolute Gasteiger partial charge is 0.482 e. The summed E-state index contributed by atoms with van der Waals surface area (Å²) in [4.78, 5) is 60.6. The molecule has 0 unspecified atom stereocenters. The smallest absolute Gasteiger partial charge is 0.344 e. The van der Waals surface area contributed by atoms with Crippen LogP contribution >= 0.6 is 0 Å². The fraction of sp³-hybridized carbons (Fsp3) is 0.281. The van der Waals surface area contributed by atoms with Crippen molar-refractivity contribution in [3.8, 4) is 28.2 Å². The van der Waals surface area contributed by atoms with Crippen molar-refractivity contribution in [1.29, 1.82) is 0 Å². The lowest BCUT2D eigenvalue weighted by Crippen LogP contribution is -2.27. The van der Waals surface area contributed by atoms with E-state index in [0.29, 0.717) is 33.4 Å². The van der Waals surface area contributed by atoms with E-state index in [-0.39, 0.29) is 35.7 Å². The van der Waals surface area contributed by atoms with Gasteiger partial charge in [0.05, 0.1) is 12.2 Å². The number of esters is 2. The van der Waals surface area contributed by atoms with E-state index in [1.54, 1.807) is 64.1 Å². The number of amides is 1. The van der Waals surface area contributed by atoms with Gasteiger partial charge in [0.2, 0.25) is 5.91 Å². The SMILES string of the molecule is CCOC(=O)c1cc(NC(=O)COCC(=O)O)ccc1-c1c2ccc(=O)cc-2oc2cc(OCC(=O)OC(C)(C)C)ccc12. The van der Waals surface area contributed by atoms with Crippen LogP contribution in [0.5, 0.6) is 5.75 Å². The fourth-order valence-electron chi connectivity index (χ4n) is 4.39. The molecule has 0 atom stereocenters. The Morgan fingerprint density at radius 1 is 0.909 bits per heavy atom. The van der Waals surface area contributed by atoms with E-state index >= 15 is 0 Å². The second-order valence-electron chi connectivity index (χ2n) is 10.6. The number of carbonyl (C=O) groups excluding carboxylic acids is 3. The van der Waals surface area contributed by atoms with Crippen LogP contribution in [-0.2, 0) is 28.6 Å². The van der Waals surface area contributed by atoms with Crippen molar-refractivity contribution in [2.24, 2.45) is 0 Å². The molecule has 12 nitrogen and oxygen atoms in total. The summed E-state index contributed by atoms with van der Waals surface area (Å²) in [5.74, 6) is -2.50. The van der Waals surface area contributed by atoms with E-state index < -0.39 is 42.6 Å². The first kappa shape index (κ1) is 31.7. The molecular formula is C32H31NO11. The summed E-state index contributed by atoms with van der Waals surface area (Å²) in [5.41, 5.74) is 1.20. The molecular weight excluding hydrogens is 574 g/mol. The average Bonchev–Trinajstić information content (AvgIpc) is 2.93. The molecule has 1 amide bonds. The summed E-state index contributed by atoms with van der Waals surface area (Å²) in [7, 11) is 0. The molecule has 1 aliphatic heterocycles. The van der Waals surface area contributed by atoms with Crippen LogP contribution in [0.1, 0.15) is 38.1 Å². The predicted molar refractivity (Wildman–Crippen MR) is 159 cm³/mol. The number of carboxylic acid groups (broad SMARTS) is 1. The predicted octanol–water partition coefficient (Wildman–Crippen LogP) is 4.50. The zero-order chi connectivity index (χ0) is 32.0. The fourth-order valence-corrected chi connectivity index (χ4v) is 4.39. The Morgan fingerprint density at radius 3 is 2.36 bits per heavy atom. The average molecular weight is 606 g/mol. The zero-order valence-corrected chi connectivity index (χ0v) is 24.6. The lowest BCUT2D eigenvalue weighted by atomic mass is 9.90. The minimum absolute atomic E-state index is 0.0847. The van der Waals surface area contributed by atoms with Gasteiger partial charge < -0.3 is 33.8 Å². The number of ether oxygens (including phenoxy) is 4. The van der Waals surface area contributed by atoms with Gasteiger partial charge in [-0.05, 0) is 69.7 Å². The number of carbonyl (C=O) groups is 4. The Bertz CT molecular complexity index is 1750. The minimum Gasteiger partial charge on any atom is -0.482 e. The van der Waals surface area contributed by atoms with Gasteiger partial charge in [-0.3, -0.25) is 9.59 Å². The van der Waals surface area contributed by atoms with Gasteiger partial charge in [0, 0.05) is 34.3 Å². The molecule has 0 spiro atoms. The summed E-state index contributed by atoms with van der Waals surface area (Å²) in [6.45, 7) is 5.50. The number of nitrogens with one attached hydrogen (secondary N) is 1. The molecule has 0 saturated heterocycles. The monoisotopic (exact) mass is 605 g/mol. The Balaban J connectivity index is 1.79. The quantitative estimate of drug-likeness (QED) is 0.182. The Kier molecular flexibility index (Phi) is 9.64. The van der Waals surface area contributed by atoms with Gasteiger partial charge in [0.1, 0.15) is 35.9 Å². The van der Waals surface area contributed by atoms with Crippen LogP contribution in [0.2, 0.25) is 0 Å². The van der Waals surface area contributed by atoms with Gasteiger partial charge in [0.25, 0.3) is 0 Å². The first-order valence-electron chi connectivity index (χ1n) is 13.6. The van der Waals surface area contributed by atoms with Crippen molar-refractivity contribution in [3.05, 3.63) is 70.4 Å². The summed E-state index contributed by atoms with van der Waals surface area (Å²) in [6, 6.07) is 13.8. The summed E-state index contributed by atoms with van der Waals surface area (Å²) in [5, 5.41) is 11.9. The first-order chi connectivity index (χ1) is 20.8. The van der Waals surface area contributed by atoms with E-state index in [9.17, 15) is 24.0 Å². The number of carboxylic acids is 1. The summed E-state index contributed by atoms with van der Waals surface area (Å²) in [6.07, 6.45) is 0. The lowest BCUT2D eigenvalue weighted by molar-refractivity contribution is -0.157. The molecule has 0 radical (unpaired) electrons. The summed E-state index contributed by atoms with van der Waals surface area (Å²) >= 11 is 0. The van der Waals surface area contributed by atoms with Crippen LogP contribution in [0.25, 0.3) is 33.4 Å². The van der Waals surface area contributed by atoms with Gasteiger partial charge in [-0.25, -0.2) is 14.4 Å². The minimum atomic E-state index is -1.22. The molecule has 4 rings (SSSR count). The van der Waals surface area contributed by atoms with E-state index in [1.807, 2.05) is 0 Å². The zero-order valence-electron chi connectivity index (χ0n) is 24.6. The van der Waals surface area contributed by atoms with Gasteiger partial charge in [0.15, 0.2) is 12.0 Å². The number of benzene rings is 3. The first-order valence-corrected chi connectivity index (χ1v) is 13.6. The van der Waals surface area contributed by atoms with Gasteiger partial charge >= 0.3 is 17.9 Å². The van der Waals surface area contributed by atoms with Gasteiger partial charge in [-0.2, -0.15) is 0 Å². The molecule has 12 heteroatoms. The molecule has 230 valence electrons. The van der Waals surface area contributed by atoms with Crippen molar-refractivity contribution in [3.63, 3.8) is 0 Å². The van der Waals surface area contributed by atoms with Crippen LogP contribution in [0.15, 0.2) is 63.8 Å². The van der Waals surface area contributed by atoms with Gasteiger partial charge in [-0.15, -0.1) is 0 Å². The lowest BCUT2D eigenvalue weighted by Gasteiger charge is -2.20. The number of hydrogen-bond acceptors (Lipinski definition) is 10. The van der Waals surface area contributed by atoms with Crippen LogP contribution in [0.3, 0.4) is 0 Å². The molecule has 0 saturated carbocycles. The van der Waals surface area contributed by atoms with Crippen molar-refractivity contribution in [2.75, 3.05) is 31.7 Å². The standard InChI is InChI=1S/C32H31NO11/c1-5-41-31(39)24-12-18(33-27(35)15-40-16-28(36)37)6-9-21(24)30-22-10-7-19(34)13-25(22)43-26-14-20(8-11-23(26)30)42-17-29(38)44-32(2,3)4/h6-14H,5,15-17H2,1-4H3,(H,33,35)(H,36,37). The van der Waals surface area contributed by atoms with E-state index in [0.717, 1.165) is 0 Å². The van der Waals surface area contributed by atoms with Crippen molar-refractivity contribution >= 4 is 40.5 Å². The maximum absolute atomic E-state index is 13.2. The molecule has 0 aromatic heterocycles. The van der Waals surface area contributed by atoms with Gasteiger partial charge in [-0.1, -0.05) is 6.07 Å². The highest BCUT2D eigenvalue weighted by atomic mass is 16.6. The molecule has 1 heterocycles. The highest BCUT2D eigenvalue weighted by Gasteiger charge is 2.24. The molecule has 0 fully saturated rings. The maximum Gasteiger partial charge on any atom is 0.344 e. The third kappa shape index (κ3) is 7.98. The van der Waals surface area contributed by atoms with Crippen molar-refractivity contribution < 1.29 is 47.6 Å². The highest BCUT2D eigenvalue weighted by molar-refractivity contribution is 6.09. The molecule has 1 aliphatic carbocycles. The van der Waals surface area contributed by atoms with Crippen molar-refractivity contribution in [1.82, 2.24) is 0 Å². The summed E-state index contributed by atoms with van der Waals surface area (Å²) < 4.78 is 27.1. The van der Waals surface area contributed by atoms with E-state index in [4.69, 9.17) is 28.5 Å². The molecule has 44 heavy (non-hydrogen) atoms. The molecule has 0 bridgehead atoms. The Hall–Kier alpha value is -5.23. The number of fused-ring (bicyclic) bond motifs is 2. The molecule has 2 N–H and O–H groups in total. The van der Waals surface area contributed by atoms with Crippen LogP contribution in [-0.4, -0.2) is 61.0 Å². The molecule has 2 aromatic carbocycles. The molecule has 2 aliphatic rings. The number of aliphatic carboxylic acids is 1. The number of hydrogen-bond donors (Lipinski definition) is 2.